The third-order valence-electron chi connectivity index (χ3n) is 2.27. The van der Waals surface area contributed by atoms with Crippen molar-refractivity contribution in [3.05, 3.63) is 30.6 Å². The Bertz CT molecular complexity index is 249. The minimum absolute atomic E-state index is 0.182. The zero-order chi connectivity index (χ0) is 10.4. The molecule has 1 rings (SSSR count). The van der Waals surface area contributed by atoms with Crippen LogP contribution in [-0.4, -0.2) is 16.5 Å². The highest BCUT2D eigenvalue weighted by Gasteiger charge is 2.19. The van der Waals surface area contributed by atoms with Gasteiger partial charge in [-0.25, -0.2) is 4.57 Å². The number of hydrogen-bond donors (Lipinski definition) is 2. The van der Waals surface area contributed by atoms with E-state index in [4.69, 9.17) is 10.2 Å². The topological polar surface area (TPSA) is 44.3 Å². The summed E-state index contributed by atoms with van der Waals surface area (Å²) in [5, 5.41) is 17.9. The van der Waals surface area contributed by atoms with Crippen LogP contribution in [0.2, 0.25) is 0 Å². The van der Waals surface area contributed by atoms with Crippen LogP contribution in [0.5, 0.6) is 0 Å². The Morgan fingerprint density at radius 3 is 2.29 bits per heavy atom. The predicted molar refractivity (Wildman–Crippen MR) is 53.4 cm³/mol. The molecule has 0 aliphatic heterocycles. The van der Waals surface area contributed by atoms with Crippen molar-refractivity contribution in [2.24, 2.45) is 0 Å². The summed E-state index contributed by atoms with van der Waals surface area (Å²) in [6.07, 6.45) is 5.10. The van der Waals surface area contributed by atoms with E-state index in [1.165, 1.54) is 0 Å². The highest BCUT2D eigenvalue weighted by atomic mass is 16.5. The van der Waals surface area contributed by atoms with E-state index in [0.29, 0.717) is 6.42 Å². The lowest BCUT2D eigenvalue weighted by Gasteiger charge is -2.12. The van der Waals surface area contributed by atoms with Gasteiger partial charge in [0.1, 0.15) is 0 Å². The lowest BCUT2D eigenvalue weighted by molar-refractivity contribution is -0.726. The van der Waals surface area contributed by atoms with Crippen LogP contribution in [0.1, 0.15) is 32.2 Å². The summed E-state index contributed by atoms with van der Waals surface area (Å²) in [6.45, 7) is 2.10. The van der Waals surface area contributed by atoms with Gasteiger partial charge in [0.05, 0.1) is 6.42 Å². The Morgan fingerprint density at radius 2 is 1.79 bits per heavy atom. The quantitative estimate of drug-likeness (QED) is 0.545. The largest absolute Gasteiger partial charge is 0.368 e. The Labute approximate surface area is 84.6 Å². The van der Waals surface area contributed by atoms with E-state index >= 15 is 0 Å². The van der Waals surface area contributed by atoms with Gasteiger partial charge in [-0.05, 0) is 6.42 Å². The van der Waals surface area contributed by atoms with E-state index in [2.05, 4.69) is 6.92 Å². The second-order valence-corrected chi connectivity index (χ2v) is 3.48. The molecule has 0 spiro atoms. The molecule has 0 saturated carbocycles. The van der Waals surface area contributed by atoms with E-state index in [9.17, 15) is 0 Å². The number of hydrogen-bond acceptors (Lipinski definition) is 2. The summed E-state index contributed by atoms with van der Waals surface area (Å²) in [4.78, 5) is 0. The van der Waals surface area contributed by atoms with Crippen molar-refractivity contribution in [1.29, 1.82) is 0 Å². The van der Waals surface area contributed by atoms with Crippen LogP contribution in [0.25, 0.3) is 0 Å². The summed E-state index contributed by atoms with van der Waals surface area (Å²) in [5.74, 6) is 0. The number of aliphatic hydroxyl groups excluding tert-OH is 1. The molecule has 3 heteroatoms. The highest BCUT2D eigenvalue weighted by molar-refractivity contribution is 4.84. The number of aromatic nitrogens is 1. The third-order valence-corrected chi connectivity index (χ3v) is 2.27. The number of nitrogens with zero attached hydrogens (tertiary/aromatic N) is 1. The molecule has 0 radical (unpaired) electrons. The molecule has 3 nitrogen and oxygen atoms in total. The molecule has 0 aliphatic rings. The van der Waals surface area contributed by atoms with Crippen LogP contribution in [0.3, 0.4) is 0 Å². The van der Waals surface area contributed by atoms with Crippen LogP contribution in [0.4, 0.5) is 0 Å². The van der Waals surface area contributed by atoms with Gasteiger partial charge in [0.25, 0.3) is 0 Å². The van der Waals surface area contributed by atoms with Crippen LogP contribution in [-0.2, 0) is 0 Å². The van der Waals surface area contributed by atoms with E-state index in [1.54, 1.807) is 0 Å². The standard InChI is InChI=1S/C11H18NO2/c1-2-6-10(9-11(13)14)12-7-4-3-5-8-12/h3-5,7-8,10-11,13-14H,2,6,9H2,1H3/q+1. The van der Waals surface area contributed by atoms with E-state index in [1.807, 2.05) is 35.2 Å². The summed E-state index contributed by atoms with van der Waals surface area (Å²) < 4.78 is 2.03. The number of pyridine rings is 1. The molecule has 1 aromatic heterocycles. The third kappa shape index (κ3) is 3.44. The van der Waals surface area contributed by atoms with Gasteiger partial charge in [-0.1, -0.05) is 13.0 Å². The van der Waals surface area contributed by atoms with Crippen LogP contribution >= 0.6 is 0 Å². The van der Waals surface area contributed by atoms with Crippen molar-refractivity contribution in [2.45, 2.75) is 38.5 Å². The number of aliphatic hydroxyl groups is 2. The predicted octanol–water partition coefficient (Wildman–Crippen LogP) is 1.02. The summed E-state index contributed by atoms with van der Waals surface area (Å²) in [7, 11) is 0. The molecule has 1 heterocycles. The Kier molecular flexibility index (Phi) is 4.56. The minimum Gasteiger partial charge on any atom is -0.368 e. The van der Waals surface area contributed by atoms with E-state index in [-0.39, 0.29) is 6.04 Å². The van der Waals surface area contributed by atoms with Gasteiger partial charge in [-0.3, -0.25) is 0 Å². The molecule has 0 saturated heterocycles. The summed E-state index contributed by atoms with van der Waals surface area (Å²) in [5.41, 5.74) is 0. The van der Waals surface area contributed by atoms with Gasteiger partial charge in [-0.15, -0.1) is 0 Å². The van der Waals surface area contributed by atoms with Gasteiger partial charge >= 0.3 is 0 Å². The van der Waals surface area contributed by atoms with Crippen molar-refractivity contribution in [2.75, 3.05) is 0 Å². The fourth-order valence-electron chi connectivity index (χ4n) is 1.62. The van der Waals surface area contributed by atoms with Gasteiger partial charge in [0.2, 0.25) is 0 Å². The first-order valence-corrected chi connectivity index (χ1v) is 5.06. The fourth-order valence-corrected chi connectivity index (χ4v) is 1.62. The molecule has 1 atom stereocenters. The smallest absolute Gasteiger partial charge is 0.169 e. The van der Waals surface area contributed by atoms with Crippen molar-refractivity contribution >= 4 is 0 Å². The maximum atomic E-state index is 8.95. The highest BCUT2D eigenvalue weighted by Crippen LogP contribution is 2.12. The van der Waals surface area contributed by atoms with E-state index < -0.39 is 6.29 Å². The maximum Gasteiger partial charge on any atom is 0.169 e. The lowest BCUT2D eigenvalue weighted by atomic mass is 10.1. The van der Waals surface area contributed by atoms with Gasteiger partial charge in [0.15, 0.2) is 24.7 Å². The molecule has 1 aromatic rings. The SMILES string of the molecule is CCCC(CC(O)O)[n+]1ccccc1. The van der Waals surface area contributed by atoms with Crippen molar-refractivity contribution < 1.29 is 14.8 Å². The molecule has 0 amide bonds. The molecule has 0 aliphatic carbocycles. The Hall–Kier alpha value is -0.930. The average molecular weight is 196 g/mol. The normalized spacial score (nSPS) is 13.1. The van der Waals surface area contributed by atoms with Gasteiger partial charge in [0, 0.05) is 18.6 Å². The Morgan fingerprint density at radius 1 is 1.14 bits per heavy atom. The van der Waals surface area contributed by atoms with Crippen LogP contribution in [0.15, 0.2) is 30.6 Å². The fraction of sp³-hybridized carbons (Fsp3) is 0.545. The zero-order valence-electron chi connectivity index (χ0n) is 8.50. The van der Waals surface area contributed by atoms with Crippen molar-refractivity contribution in [3.8, 4) is 0 Å². The summed E-state index contributed by atoms with van der Waals surface area (Å²) >= 11 is 0. The average Bonchev–Trinajstić information content (AvgIpc) is 2.18. The molecular formula is C11H18NO2+. The monoisotopic (exact) mass is 196 g/mol. The van der Waals surface area contributed by atoms with Gasteiger partial charge < -0.3 is 10.2 Å². The minimum atomic E-state index is -1.22. The molecule has 1 unspecified atom stereocenters. The molecule has 14 heavy (non-hydrogen) atoms. The van der Waals surface area contributed by atoms with E-state index in [0.717, 1.165) is 12.8 Å². The summed E-state index contributed by atoms with van der Waals surface area (Å²) in [6, 6.07) is 6.04. The molecule has 0 fully saturated rings. The Balaban J connectivity index is 2.67. The molecule has 0 aromatic carbocycles. The van der Waals surface area contributed by atoms with Crippen LogP contribution in [0, 0.1) is 0 Å². The second kappa shape index (κ2) is 5.73. The lowest BCUT2D eigenvalue weighted by Crippen LogP contribution is -2.40. The molecule has 78 valence electrons. The zero-order valence-corrected chi connectivity index (χ0v) is 8.50. The van der Waals surface area contributed by atoms with Gasteiger partial charge in [-0.2, -0.15) is 0 Å². The van der Waals surface area contributed by atoms with Crippen molar-refractivity contribution in [3.63, 3.8) is 0 Å². The molecule has 2 N–H and O–H groups in total. The maximum absolute atomic E-state index is 8.95. The van der Waals surface area contributed by atoms with Crippen LogP contribution < -0.4 is 4.57 Å². The first kappa shape index (κ1) is 11.1. The van der Waals surface area contributed by atoms with Crippen molar-refractivity contribution in [1.82, 2.24) is 0 Å². The molecule has 0 bridgehead atoms. The first-order chi connectivity index (χ1) is 6.74. The number of rotatable bonds is 5. The second-order valence-electron chi connectivity index (χ2n) is 3.48. The first-order valence-electron chi connectivity index (χ1n) is 5.06. The molecular weight excluding hydrogens is 178 g/mol.